The van der Waals surface area contributed by atoms with Crippen molar-refractivity contribution in [3.8, 4) is 0 Å². The van der Waals surface area contributed by atoms with Gasteiger partial charge in [-0.15, -0.1) is 0 Å². The number of aliphatic hydroxyl groups is 1. The summed E-state index contributed by atoms with van der Waals surface area (Å²) in [5.74, 6) is 1.90. The number of nitrogens with one attached hydrogen (secondary N) is 3. The second kappa shape index (κ2) is 10.2. The van der Waals surface area contributed by atoms with E-state index < -0.39 is 0 Å². The summed E-state index contributed by atoms with van der Waals surface area (Å²) in [6, 6.07) is 5.88. The lowest BCUT2D eigenvalue weighted by molar-refractivity contribution is -0.112. The minimum Gasteiger partial charge on any atom is -0.393 e. The van der Waals surface area contributed by atoms with E-state index in [1.807, 2.05) is 30.0 Å². The van der Waals surface area contributed by atoms with E-state index in [1.54, 1.807) is 18.5 Å². The second-order valence-corrected chi connectivity index (χ2v) is 8.41. The Morgan fingerprint density at radius 2 is 2.12 bits per heavy atom. The van der Waals surface area contributed by atoms with E-state index in [4.69, 9.17) is 4.98 Å². The molecular weight excluding hydrogens is 406 g/mol. The highest BCUT2D eigenvalue weighted by Gasteiger charge is 2.28. The van der Waals surface area contributed by atoms with Crippen molar-refractivity contribution in [2.45, 2.75) is 51.4 Å². The molecule has 0 spiro atoms. The molecule has 4 N–H and O–H groups in total. The molecule has 3 unspecified atom stereocenters. The minimum absolute atomic E-state index is 0.0265. The average molecular weight is 438 g/mol. The molecule has 0 bridgehead atoms. The molecule has 4 rings (SSSR count). The fourth-order valence-corrected chi connectivity index (χ4v) is 4.27. The SMILES string of the molecule is CC(=O)C=C(C)c1cnc(N(c2ccccn2)C2CNCCN2)nc1NC1CCC(O)C1. The zero-order valence-electron chi connectivity index (χ0n) is 18.6. The van der Waals surface area contributed by atoms with Gasteiger partial charge in [-0.25, -0.2) is 9.97 Å². The zero-order valence-corrected chi connectivity index (χ0v) is 18.6. The van der Waals surface area contributed by atoms with Crippen LogP contribution in [0.5, 0.6) is 0 Å². The first-order chi connectivity index (χ1) is 15.5. The number of carbonyl (C=O) groups is 1. The Bertz CT molecular complexity index is 960. The topological polar surface area (TPSA) is 115 Å². The van der Waals surface area contributed by atoms with Crippen LogP contribution in [0.1, 0.15) is 38.7 Å². The van der Waals surface area contributed by atoms with Crippen LogP contribution in [-0.4, -0.2) is 63.8 Å². The van der Waals surface area contributed by atoms with Crippen LogP contribution >= 0.6 is 0 Å². The maximum absolute atomic E-state index is 11.7. The zero-order chi connectivity index (χ0) is 22.5. The lowest BCUT2D eigenvalue weighted by Crippen LogP contribution is -2.56. The summed E-state index contributed by atoms with van der Waals surface area (Å²) in [6.07, 6.45) is 7.07. The summed E-state index contributed by atoms with van der Waals surface area (Å²) in [4.78, 5) is 27.8. The van der Waals surface area contributed by atoms with Gasteiger partial charge in [-0.1, -0.05) is 6.07 Å². The van der Waals surface area contributed by atoms with Gasteiger partial charge in [-0.2, -0.15) is 4.98 Å². The van der Waals surface area contributed by atoms with Crippen LogP contribution < -0.4 is 20.9 Å². The number of piperazine rings is 1. The van der Waals surface area contributed by atoms with Crippen LogP contribution in [0.2, 0.25) is 0 Å². The maximum Gasteiger partial charge on any atom is 0.234 e. The molecule has 1 aliphatic carbocycles. The van der Waals surface area contributed by atoms with Crippen molar-refractivity contribution >= 4 is 28.9 Å². The van der Waals surface area contributed by atoms with Gasteiger partial charge in [0.05, 0.1) is 6.10 Å². The fourth-order valence-electron chi connectivity index (χ4n) is 4.27. The monoisotopic (exact) mass is 437 g/mol. The Morgan fingerprint density at radius 1 is 1.25 bits per heavy atom. The number of pyridine rings is 1. The van der Waals surface area contributed by atoms with Crippen LogP contribution in [0.3, 0.4) is 0 Å². The minimum atomic E-state index is -0.298. The quantitative estimate of drug-likeness (QED) is 0.482. The Balaban J connectivity index is 1.74. The molecule has 170 valence electrons. The molecule has 1 saturated carbocycles. The smallest absolute Gasteiger partial charge is 0.234 e. The third kappa shape index (κ3) is 5.29. The fraction of sp³-hybridized carbons (Fsp3) is 0.478. The largest absolute Gasteiger partial charge is 0.393 e. The number of hydrogen-bond donors (Lipinski definition) is 4. The number of anilines is 3. The summed E-state index contributed by atoms with van der Waals surface area (Å²) in [6.45, 7) is 5.87. The number of aromatic nitrogens is 3. The highest BCUT2D eigenvalue weighted by atomic mass is 16.3. The van der Waals surface area contributed by atoms with Crippen molar-refractivity contribution in [3.05, 3.63) is 42.2 Å². The van der Waals surface area contributed by atoms with Gasteiger partial charge in [0, 0.05) is 43.6 Å². The van der Waals surface area contributed by atoms with Crippen molar-refractivity contribution in [1.29, 1.82) is 0 Å². The molecule has 1 saturated heterocycles. The number of nitrogens with zero attached hydrogens (tertiary/aromatic N) is 4. The van der Waals surface area contributed by atoms with E-state index in [9.17, 15) is 9.90 Å². The highest BCUT2D eigenvalue weighted by molar-refractivity contribution is 5.95. The molecule has 3 atom stereocenters. The maximum atomic E-state index is 11.7. The van der Waals surface area contributed by atoms with Crippen LogP contribution in [0.4, 0.5) is 17.6 Å². The van der Waals surface area contributed by atoms with E-state index in [-0.39, 0.29) is 24.1 Å². The Kier molecular flexibility index (Phi) is 7.09. The average Bonchev–Trinajstić information content (AvgIpc) is 3.19. The standard InChI is InChI=1S/C23H31N7O2/c1-15(11-16(2)31)19-13-27-23(29-22(19)28-17-6-7-18(32)12-17)30(20-5-3-4-8-25-20)21-14-24-9-10-26-21/h3-5,8,11,13,17-18,21,24,26,32H,6-7,9-10,12,14H2,1-2H3,(H,27,28,29). The first kappa shape index (κ1) is 22.3. The van der Waals surface area contributed by atoms with E-state index in [0.29, 0.717) is 18.2 Å². The predicted molar refractivity (Wildman–Crippen MR) is 125 cm³/mol. The van der Waals surface area contributed by atoms with Gasteiger partial charge >= 0.3 is 0 Å². The molecule has 0 amide bonds. The molecule has 3 heterocycles. The molecule has 0 aromatic carbocycles. The predicted octanol–water partition coefficient (Wildman–Crippen LogP) is 1.85. The van der Waals surface area contributed by atoms with Gasteiger partial charge < -0.3 is 15.7 Å². The van der Waals surface area contributed by atoms with Gasteiger partial charge in [-0.05, 0) is 56.9 Å². The number of hydrogen-bond acceptors (Lipinski definition) is 9. The molecule has 2 aliphatic rings. The molecule has 2 aromatic heterocycles. The first-order valence-corrected chi connectivity index (χ1v) is 11.2. The Labute approximate surface area is 188 Å². The number of ketones is 1. The molecule has 2 fully saturated rings. The number of rotatable bonds is 7. The molecule has 0 radical (unpaired) electrons. The molecular formula is C23H31N7O2. The van der Waals surface area contributed by atoms with E-state index in [2.05, 4.69) is 25.9 Å². The molecule has 32 heavy (non-hydrogen) atoms. The van der Waals surface area contributed by atoms with Gasteiger partial charge in [0.25, 0.3) is 0 Å². The lowest BCUT2D eigenvalue weighted by Gasteiger charge is -2.35. The van der Waals surface area contributed by atoms with Crippen LogP contribution in [0.15, 0.2) is 36.7 Å². The normalized spacial score (nSPS) is 23.7. The van der Waals surface area contributed by atoms with Gasteiger partial charge in [0.2, 0.25) is 5.95 Å². The third-order valence-electron chi connectivity index (χ3n) is 5.81. The van der Waals surface area contributed by atoms with E-state index in [1.165, 1.54) is 6.92 Å². The number of carbonyl (C=O) groups excluding carboxylic acids is 1. The van der Waals surface area contributed by atoms with Crippen LogP contribution in [0, 0.1) is 0 Å². The van der Waals surface area contributed by atoms with Crippen LogP contribution in [-0.2, 0) is 4.79 Å². The van der Waals surface area contributed by atoms with E-state index >= 15 is 0 Å². The van der Waals surface area contributed by atoms with Crippen molar-refractivity contribution in [2.75, 3.05) is 29.9 Å². The summed E-state index contributed by atoms with van der Waals surface area (Å²) in [5.41, 5.74) is 1.58. The lowest BCUT2D eigenvalue weighted by atomic mass is 10.1. The highest BCUT2D eigenvalue weighted by Crippen LogP contribution is 2.30. The van der Waals surface area contributed by atoms with Crippen molar-refractivity contribution in [2.24, 2.45) is 0 Å². The van der Waals surface area contributed by atoms with Crippen molar-refractivity contribution < 1.29 is 9.90 Å². The molecule has 1 aliphatic heterocycles. The summed E-state index contributed by atoms with van der Waals surface area (Å²) in [5, 5.41) is 20.4. The summed E-state index contributed by atoms with van der Waals surface area (Å²) < 4.78 is 0. The van der Waals surface area contributed by atoms with Crippen molar-refractivity contribution in [3.63, 3.8) is 0 Å². The number of aliphatic hydroxyl groups excluding tert-OH is 1. The molecule has 9 nitrogen and oxygen atoms in total. The third-order valence-corrected chi connectivity index (χ3v) is 5.81. The van der Waals surface area contributed by atoms with Crippen molar-refractivity contribution in [1.82, 2.24) is 25.6 Å². The van der Waals surface area contributed by atoms with Crippen LogP contribution in [0.25, 0.3) is 5.57 Å². The first-order valence-electron chi connectivity index (χ1n) is 11.2. The van der Waals surface area contributed by atoms with Gasteiger partial charge in [0.15, 0.2) is 5.78 Å². The summed E-state index contributed by atoms with van der Waals surface area (Å²) in [7, 11) is 0. The summed E-state index contributed by atoms with van der Waals surface area (Å²) >= 11 is 0. The Hall–Kier alpha value is -2.88. The van der Waals surface area contributed by atoms with Gasteiger partial charge in [-0.3, -0.25) is 15.0 Å². The molecule has 9 heteroatoms. The van der Waals surface area contributed by atoms with Gasteiger partial charge in [0.1, 0.15) is 17.8 Å². The second-order valence-electron chi connectivity index (χ2n) is 8.41. The Morgan fingerprint density at radius 3 is 2.78 bits per heavy atom. The number of allylic oxidation sites excluding steroid dienone is 2. The molecule has 2 aromatic rings. The van der Waals surface area contributed by atoms with E-state index in [0.717, 1.165) is 49.4 Å².